The van der Waals surface area contributed by atoms with Crippen molar-refractivity contribution in [1.82, 2.24) is 0 Å². The number of aliphatic hydroxyl groups is 2. The average Bonchev–Trinajstić information content (AvgIpc) is 2.56. The number of phenols is 1. The number of aromatic hydroxyl groups is 1. The summed E-state index contributed by atoms with van der Waals surface area (Å²) in [5.41, 5.74) is 0.586. The fraction of sp³-hybridized carbons (Fsp3) is 0.526. The molecular weight excluding hydrogens is 324 g/mol. The lowest BCUT2D eigenvalue weighted by Gasteiger charge is -2.20. The first kappa shape index (κ1) is 19.3. The fourth-order valence-corrected chi connectivity index (χ4v) is 2.87. The van der Waals surface area contributed by atoms with E-state index in [1.54, 1.807) is 25.1 Å². The number of benzene rings is 1. The SMILES string of the molecule is COc1cc(O)c2c(c1)/C=C\CC[C@H](O)[C@@H](O)CCC[C@H](C)OC2=O. The molecule has 0 fully saturated rings. The highest BCUT2D eigenvalue weighted by Crippen LogP contribution is 2.30. The first-order valence-electron chi connectivity index (χ1n) is 8.57. The van der Waals surface area contributed by atoms with Crippen LogP contribution in [0.2, 0.25) is 0 Å². The van der Waals surface area contributed by atoms with Crippen molar-refractivity contribution >= 4 is 12.0 Å². The minimum Gasteiger partial charge on any atom is -0.507 e. The quantitative estimate of drug-likeness (QED) is 0.674. The third-order valence-corrected chi connectivity index (χ3v) is 4.35. The normalized spacial score (nSPS) is 26.9. The topological polar surface area (TPSA) is 96.2 Å². The summed E-state index contributed by atoms with van der Waals surface area (Å²) in [6, 6.07) is 3.02. The molecule has 1 aliphatic heterocycles. The number of fused-ring (bicyclic) bond motifs is 1. The molecule has 138 valence electrons. The Balaban J connectivity index is 2.35. The number of carbonyl (C=O) groups excluding carboxylic acids is 1. The summed E-state index contributed by atoms with van der Waals surface area (Å²) in [6.07, 6.45) is 4.14. The predicted octanol–water partition coefficient (Wildman–Crippen LogP) is 2.65. The highest BCUT2D eigenvalue weighted by atomic mass is 16.5. The van der Waals surface area contributed by atoms with Crippen LogP contribution in [-0.4, -0.2) is 46.7 Å². The molecule has 2 rings (SSSR count). The Morgan fingerprint density at radius 3 is 2.60 bits per heavy atom. The van der Waals surface area contributed by atoms with Gasteiger partial charge >= 0.3 is 5.97 Å². The number of ether oxygens (including phenoxy) is 2. The molecule has 0 unspecified atom stereocenters. The van der Waals surface area contributed by atoms with Gasteiger partial charge in [0.1, 0.15) is 17.1 Å². The minimum absolute atomic E-state index is 0.0987. The Morgan fingerprint density at radius 1 is 1.16 bits per heavy atom. The maximum atomic E-state index is 12.5. The molecular formula is C19H26O6. The van der Waals surface area contributed by atoms with Crippen LogP contribution in [0.15, 0.2) is 18.2 Å². The third kappa shape index (κ3) is 5.21. The van der Waals surface area contributed by atoms with Gasteiger partial charge < -0.3 is 24.8 Å². The molecule has 1 aliphatic rings. The van der Waals surface area contributed by atoms with Gasteiger partial charge in [-0.25, -0.2) is 4.79 Å². The molecule has 1 aromatic rings. The Hall–Kier alpha value is -2.05. The van der Waals surface area contributed by atoms with E-state index >= 15 is 0 Å². The van der Waals surface area contributed by atoms with E-state index in [9.17, 15) is 20.1 Å². The number of methoxy groups -OCH3 is 1. The molecule has 0 saturated carbocycles. The van der Waals surface area contributed by atoms with E-state index in [0.717, 1.165) is 0 Å². The molecule has 3 atom stereocenters. The van der Waals surface area contributed by atoms with Gasteiger partial charge in [0.15, 0.2) is 0 Å². The lowest BCUT2D eigenvalue weighted by molar-refractivity contribution is 0.00511. The standard InChI is InChI=1S/C19H26O6/c1-12-6-5-9-16(21)15(20)8-4-3-7-13-10-14(24-2)11-17(22)18(13)19(23)25-12/h3,7,10-12,15-16,20-22H,4-6,8-9H2,1-2H3/b7-3-/t12-,15-,16-/m0/s1. The van der Waals surface area contributed by atoms with Crippen LogP contribution in [-0.2, 0) is 4.74 Å². The van der Waals surface area contributed by atoms with E-state index in [1.165, 1.54) is 13.2 Å². The first-order chi connectivity index (χ1) is 11.9. The van der Waals surface area contributed by atoms with Gasteiger partial charge in [-0.2, -0.15) is 0 Å². The number of allylic oxidation sites excluding steroid dienone is 1. The van der Waals surface area contributed by atoms with Crippen molar-refractivity contribution < 1.29 is 29.6 Å². The maximum absolute atomic E-state index is 12.5. The second kappa shape index (κ2) is 8.87. The molecule has 0 bridgehead atoms. The number of hydrogen-bond donors (Lipinski definition) is 3. The number of cyclic esters (lactones) is 1. The number of carbonyl (C=O) groups is 1. The summed E-state index contributed by atoms with van der Waals surface area (Å²) in [4.78, 5) is 12.5. The largest absolute Gasteiger partial charge is 0.507 e. The van der Waals surface area contributed by atoms with Gasteiger partial charge in [-0.15, -0.1) is 0 Å². The second-order valence-corrected chi connectivity index (χ2v) is 6.37. The lowest BCUT2D eigenvalue weighted by Crippen LogP contribution is -2.26. The van der Waals surface area contributed by atoms with E-state index < -0.39 is 18.2 Å². The zero-order valence-electron chi connectivity index (χ0n) is 14.6. The third-order valence-electron chi connectivity index (χ3n) is 4.35. The smallest absolute Gasteiger partial charge is 0.342 e. The highest BCUT2D eigenvalue weighted by molar-refractivity contribution is 5.97. The van der Waals surface area contributed by atoms with Crippen molar-refractivity contribution in [2.45, 2.75) is 57.3 Å². The van der Waals surface area contributed by atoms with Crippen LogP contribution in [0.1, 0.15) is 54.9 Å². The van der Waals surface area contributed by atoms with Gasteiger partial charge in [0.25, 0.3) is 0 Å². The lowest BCUT2D eigenvalue weighted by atomic mass is 10.00. The predicted molar refractivity (Wildman–Crippen MR) is 93.7 cm³/mol. The van der Waals surface area contributed by atoms with Crippen molar-refractivity contribution in [3.63, 3.8) is 0 Å². The van der Waals surface area contributed by atoms with E-state index in [4.69, 9.17) is 9.47 Å². The van der Waals surface area contributed by atoms with E-state index in [-0.39, 0.29) is 17.4 Å². The maximum Gasteiger partial charge on any atom is 0.342 e. The van der Waals surface area contributed by atoms with Crippen molar-refractivity contribution in [3.05, 3.63) is 29.3 Å². The molecule has 1 aromatic carbocycles. The van der Waals surface area contributed by atoms with Crippen LogP contribution in [0.25, 0.3) is 6.08 Å². The van der Waals surface area contributed by atoms with Crippen molar-refractivity contribution in [1.29, 1.82) is 0 Å². The molecule has 25 heavy (non-hydrogen) atoms. The van der Waals surface area contributed by atoms with Crippen LogP contribution in [0, 0.1) is 0 Å². The van der Waals surface area contributed by atoms with Gasteiger partial charge in [-0.1, -0.05) is 12.2 Å². The van der Waals surface area contributed by atoms with Crippen molar-refractivity contribution in [3.8, 4) is 11.5 Å². The Kier molecular flexibility index (Phi) is 6.84. The molecule has 0 spiro atoms. The highest BCUT2D eigenvalue weighted by Gasteiger charge is 2.22. The van der Waals surface area contributed by atoms with Gasteiger partial charge in [0, 0.05) is 6.07 Å². The van der Waals surface area contributed by atoms with E-state index in [1.807, 2.05) is 0 Å². The number of esters is 1. The molecule has 3 N–H and O–H groups in total. The van der Waals surface area contributed by atoms with Crippen LogP contribution >= 0.6 is 0 Å². The van der Waals surface area contributed by atoms with Crippen molar-refractivity contribution in [2.75, 3.05) is 7.11 Å². The van der Waals surface area contributed by atoms with Crippen LogP contribution in [0.3, 0.4) is 0 Å². The summed E-state index contributed by atoms with van der Waals surface area (Å²) >= 11 is 0. The number of phenolic OH excluding ortho intramolecular Hbond substituents is 1. The molecule has 0 radical (unpaired) electrons. The summed E-state index contributed by atoms with van der Waals surface area (Å²) in [5.74, 6) is -0.359. The Bertz CT molecular complexity index is 625. The molecule has 1 heterocycles. The Labute approximate surface area is 147 Å². The number of hydrogen-bond acceptors (Lipinski definition) is 6. The van der Waals surface area contributed by atoms with E-state index in [2.05, 4.69) is 0 Å². The van der Waals surface area contributed by atoms with Gasteiger partial charge in [-0.05, 0) is 50.7 Å². The summed E-state index contributed by atoms with van der Waals surface area (Å²) in [7, 11) is 1.48. The molecule has 0 aromatic heterocycles. The second-order valence-electron chi connectivity index (χ2n) is 6.37. The average molecular weight is 350 g/mol. The zero-order chi connectivity index (χ0) is 18.4. The molecule has 0 amide bonds. The van der Waals surface area contributed by atoms with Gasteiger partial charge in [0.2, 0.25) is 0 Å². The van der Waals surface area contributed by atoms with Crippen LogP contribution < -0.4 is 4.74 Å². The zero-order valence-corrected chi connectivity index (χ0v) is 14.6. The van der Waals surface area contributed by atoms with Gasteiger partial charge in [0.05, 0.1) is 25.4 Å². The van der Waals surface area contributed by atoms with Crippen molar-refractivity contribution in [2.24, 2.45) is 0 Å². The number of aliphatic hydroxyl groups excluding tert-OH is 2. The molecule has 6 nitrogen and oxygen atoms in total. The molecule has 0 aliphatic carbocycles. The van der Waals surface area contributed by atoms with Crippen LogP contribution in [0.5, 0.6) is 11.5 Å². The number of rotatable bonds is 1. The summed E-state index contributed by atoms with van der Waals surface area (Å²) < 4.78 is 10.6. The van der Waals surface area contributed by atoms with Crippen LogP contribution in [0.4, 0.5) is 0 Å². The summed E-state index contributed by atoms with van der Waals surface area (Å²) in [6.45, 7) is 1.77. The minimum atomic E-state index is -0.788. The van der Waals surface area contributed by atoms with Gasteiger partial charge in [-0.3, -0.25) is 0 Å². The molecule has 6 heteroatoms. The fourth-order valence-electron chi connectivity index (χ4n) is 2.87. The molecule has 0 saturated heterocycles. The van der Waals surface area contributed by atoms with E-state index in [0.29, 0.717) is 43.4 Å². The monoisotopic (exact) mass is 350 g/mol. The first-order valence-corrected chi connectivity index (χ1v) is 8.57. The summed E-state index contributed by atoms with van der Waals surface area (Å²) in [5, 5.41) is 30.2. The Morgan fingerprint density at radius 2 is 1.88 bits per heavy atom.